The second kappa shape index (κ2) is 9.98. The van der Waals surface area contributed by atoms with Gasteiger partial charge < -0.3 is 14.8 Å². The van der Waals surface area contributed by atoms with Crippen LogP contribution in [0.15, 0.2) is 54.6 Å². The van der Waals surface area contributed by atoms with Crippen LogP contribution in [0.4, 0.5) is 22.0 Å². The van der Waals surface area contributed by atoms with Crippen molar-refractivity contribution >= 4 is 16.8 Å². The van der Waals surface area contributed by atoms with Crippen LogP contribution >= 0.6 is 0 Å². The quantitative estimate of drug-likeness (QED) is 0.166. The molecule has 2 heterocycles. The third-order valence-electron chi connectivity index (χ3n) is 9.38. The SMILES string of the molecule is CN(C)C1(Cc2ccccc2)CCC2(CC1)c1[nH]c3ccccc3c1CCN2C(=O)c1c(F)c(F)c(F)c(F)c1F. The first kappa shape index (κ1) is 27.4. The molecule has 9 heteroatoms. The molecule has 4 aromatic rings. The van der Waals surface area contributed by atoms with E-state index in [1.165, 1.54) is 10.5 Å². The Morgan fingerprint density at radius 3 is 2.05 bits per heavy atom. The van der Waals surface area contributed by atoms with Crippen LogP contribution in [0.1, 0.15) is 52.9 Å². The van der Waals surface area contributed by atoms with Crippen molar-refractivity contribution < 1.29 is 26.7 Å². The van der Waals surface area contributed by atoms with Crippen molar-refractivity contribution in [3.63, 3.8) is 0 Å². The predicted molar refractivity (Wildman–Crippen MR) is 146 cm³/mol. The van der Waals surface area contributed by atoms with Gasteiger partial charge in [0.15, 0.2) is 23.3 Å². The molecule has 2 aliphatic rings. The van der Waals surface area contributed by atoms with Gasteiger partial charge in [-0.05, 0) is 69.8 Å². The van der Waals surface area contributed by atoms with E-state index in [0.29, 0.717) is 32.1 Å². The largest absolute Gasteiger partial charge is 0.356 e. The van der Waals surface area contributed by atoms with Crippen molar-refractivity contribution in [2.45, 2.75) is 49.6 Å². The summed E-state index contributed by atoms with van der Waals surface area (Å²) in [6.45, 7) is 0.0842. The van der Waals surface area contributed by atoms with E-state index >= 15 is 0 Å². The van der Waals surface area contributed by atoms with E-state index in [-0.39, 0.29) is 12.1 Å². The number of amides is 1. The normalized spacial score (nSPS) is 22.5. The standard InChI is InChI=1S/C32H30F5N3O/c1-39(2)31(18-19-8-4-3-5-9-19)13-15-32(16-14-31)29-21(20-10-6-7-11-22(20)38-29)12-17-40(32)30(41)23-24(33)26(35)28(37)27(36)25(23)34/h3-11,38H,12-18H2,1-2H3. The molecule has 0 unspecified atom stereocenters. The number of carbonyl (C=O) groups is 1. The summed E-state index contributed by atoms with van der Waals surface area (Å²) >= 11 is 0. The molecule has 0 radical (unpaired) electrons. The van der Waals surface area contributed by atoms with Gasteiger partial charge in [-0.25, -0.2) is 22.0 Å². The van der Waals surface area contributed by atoms with Crippen molar-refractivity contribution in [1.82, 2.24) is 14.8 Å². The van der Waals surface area contributed by atoms with Gasteiger partial charge in [0.2, 0.25) is 5.82 Å². The first-order chi connectivity index (χ1) is 19.6. The first-order valence-corrected chi connectivity index (χ1v) is 13.7. The van der Waals surface area contributed by atoms with Crippen LogP contribution in [0, 0.1) is 29.1 Å². The van der Waals surface area contributed by atoms with Gasteiger partial charge in [-0.2, -0.15) is 0 Å². The Hall–Kier alpha value is -3.72. The molecule has 6 rings (SSSR count). The third kappa shape index (κ3) is 4.16. The van der Waals surface area contributed by atoms with Gasteiger partial charge >= 0.3 is 0 Å². The fourth-order valence-electron chi connectivity index (χ4n) is 7.06. The maximum Gasteiger partial charge on any atom is 0.260 e. The lowest BCUT2D eigenvalue weighted by Crippen LogP contribution is -2.60. The second-order valence-corrected chi connectivity index (χ2v) is 11.5. The van der Waals surface area contributed by atoms with Crippen LogP contribution in [0.5, 0.6) is 0 Å². The van der Waals surface area contributed by atoms with Crippen molar-refractivity contribution in [3.05, 3.63) is 106 Å². The van der Waals surface area contributed by atoms with Crippen LogP contribution < -0.4 is 0 Å². The highest BCUT2D eigenvalue weighted by molar-refractivity contribution is 5.96. The van der Waals surface area contributed by atoms with Crippen LogP contribution in [-0.2, 0) is 18.4 Å². The molecule has 1 aliphatic heterocycles. The minimum Gasteiger partial charge on any atom is -0.356 e. The molecule has 1 aliphatic carbocycles. The van der Waals surface area contributed by atoms with E-state index in [0.717, 1.165) is 28.6 Å². The Bertz CT molecular complexity index is 1610. The summed E-state index contributed by atoms with van der Waals surface area (Å²) in [5.41, 5.74) is 1.15. The number of aromatic nitrogens is 1. The summed E-state index contributed by atoms with van der Waals surface area (Å²) in [7, 11) is 4.04. The van der Waals surface area contributed by atoms with Crippen LogP contribution in [-0.4, -0.2) is 46.9 Å². The number of H-pyrrole nitrogens is 1. The Labute approximate surface area is 234 Å². The van der Waals surface area contributed by atoms with Crippen molar-refractivity contribution in [3.8, 4) is 0 Å². The topological polar surface area (TPSA) is 39.3 Å². The molecule has 41 heavy (non-hydrogen) atoms. The smallest absolute Gasteiger partial charge is 0.260 e. The summed E-state index contributed by atoms with van der Waals surface area (Å²) in [6, 6.07) is 17.8. The van der Waals surface area contributed by atoms with Gasteiger partial charge in [-0.1, -0.05) is 48.5 Å². The summed E-state index contributed by atoms with van der Waals surface area (Å²) in [6.07, 6.45) is 3.32. The summed E-state index contributed by atoms with van der Waals surface area (Å²) in [5.74, 6) is -11.9. The fraction of sp³-hybridized carbons (Fsp3) is 0.344. The van der Waals surface area contributed by atoms with Gasteiger partial charge in [-0.3, -0.25) is 4.79 Å². The highest BCUT2D eigenvalue weighted by Crippen LogP contribution is 2.52. The predicted octanol–water partition coefficient (Wildman–Crippen LogP) is 6.87. The van der Waals surface area contributed by atoms with Crippen LogP contribution in [0.3, 0.4) is 0 Å². The number of hydrogen-bond acceptors (Lipinski definition) is 2. The number of para-hydroxylation sites is 1. The number of benzene rings is 3. The first-order valence-electron chi connectivity index (χ1n) is 13.7. The maximum atomic E-state index is 14.9. The second-order valence-electron chi connectivity index (χ2n) is 11.5. The van der Waals surface area contributed by atoms with Gasteiger partial charge in [0.1, 0.15) is 5.56 Å². The van der Waals surface area contributed by atoms with Gasteiger partial charge in [0.25, 0.3) is 5.91 Å². The van der Waals surface area contributed by atoms with E-state index < -0.39 is 46.1 Å². The number of rotatable bonds is 4. The molecule has 0 bridgehead atoms. The molecule has 1 aromatic heterocycles. The molecule has 1 saturated carbocycles. The molecule has 4 nitrogen and oxygen atoms in total. The molecule has 0 atom stereocenters. The highest BCUT2D eigenvalue weighted by Gasteiger charge is 2.53. The number of hydrogen-bond donors (Lipinski definition) is 1. The average molecular weight is 568 g/mol. The molecule has 214 valence electrons. The molecular formula is C32H30F5N3O. The molecular weight excluding hydrogens is 537 g/mol. The van der Waals surface area contributed by atoms with E-state index in [1.807, 2.05) is 56.6 Å². The van der Waals surface area contributed by atoms with E-state index in [2.05, 4.69) is 22.0 Å². The summed E-state index contributed by atoms with van der Waals surface area (Å²) in [5, 5.41) is 0.999. The Kier molecular flexibility index (Phi) is 6.68. The summed E-state index contributed by atoms with van der Waals surface area (Å²) in [4.78, 5) is 20.9. The summed E-state index contributed by atoms with van der Waals surface area (Å²) < 4.78 is 72.1. The maximum absolute atomic E-state index is 14.9. The number of aromatic amines is 1. The Morgan fingerprint density at radius 1 is 0.829 bits per heavy atom. The lowest BCUT2D eigenvalue weighted by atomic mass is 9.65. The van der Waals surface area contributed by atoms with Gasteiger partial charge in [0.05, 0.1) is 5.54 Å². The number of nitrogens with one attached hydrogen (secondary N) is 1. The van der Waals surface area contributed by atoms with Gasteiger partial charge in [-0.15, -0.1) is 0 Å². The monoisotopic (exact) mass is 567 g/mol. The molecule has 1 spiro atoms. The highest BCUT2D eigenvalue weighted by atomic mass is 19.2. The molecule has 1 fully saturated rings. The van der Waals surface area contributed by atoms with Crippen LogP contribution in [0.25, 0.3) is 10.9 Å². The van der Waals surface area contributed by atoms with Crippen molar-refractivity contribution in [2.75, 3.05) is 20.6 Å². The van der Waals surface area contributed by atoms with E-state index in [4.69, 9.17) is 0 Å². The molecule has 1 amide bonds. The molecule has 3 aromatic carbocycles. The van der Waals surface area contributed by atoms with Crippen molar-refractivity contribution in [2.24, 2.45) is 0 Å². The Morgan fingerprint density at radius 2 is 1.41 bits per heavy atom. The number of carbonyl (C=O) groups excluding carboxylic acids is 1. The lowest BCUT2D eigenvalue weighted by molar-refractivity contribution is -0.0128. The van der Waals surface area contributed by atoms with E-state index in [9.17, 15) is 26.7 Å². The molecule has 1 N–H and O–H groups in total. The minimum absolute atomic E-state index is 0.0842. The fourth-order valence-corrected chi connectivity index (χ4v) is 7.06. The number of halogens is 5. The van der Waals surface area contributed by atoms with Gasteiger partial charge in [0, 0.05) is 28.7 Å². The molecule has 0 saturated heterocycles. The minimum atomic E-state index is -2.28. The lowest BCUT2D eigenvalue weighted by Gasteiger charge is -2.55. The average Bonchev–Trinajstić information content (AvgIpc) is 3.37. The Balaban J connectivity index is 1.47. The van der Waals surface area contributed by atoms with E-state index in [1.54, 1.807) is 0 Å². The zero-order valence-electron chi connectivity index (χ0n) is 22.8. The number of nitrogens with zero attached hydrogens (tertiary/aromatic N) is 2. The zero-order valence-corrected chi connectivity index (χ0v) is 22.8. The van der Waals surface area contributed by atoms with Crippen molar-refractivity contribution in [1.29, 1.82) is 0 Å². The zero-order chi connectivity index (χ0) is 29.1. The third-order valence-corrected chi connectivity index (χ3v) is 9.38. The number of fused-ring (bicyclic) bond motifs is 4. The van der Waals surface area contributed by atoms with Crippen LogP contribution in [0.2, 0.25) is 0 Å². The number of likely N-dealkylation sites (N-methyl/N-ethyl adjacent to an activating group) is 1.